The summed E-state index contributed by atoms with van der Waals surface area (Å²) in [6.45, 7) is 3.11. The van der Waals surface area contributed by atoms with Gasteiger partial charge in [-0.05, 0) is 31.5 Å². The molecule has 18 heavy (non-hydrogen) atoms. The monoisotopic (exact) mass is 251 g/mol. The van der Waals surface area contributed by atoms with E-state index in [1.54, 1.807) is 45.2 Å². The van der Waals surface area contributed by atoms with Gasteiger partial charge in [0.15, 0.2) is 0 Å². The molecule has 2 N–H and O–H groups in total. The summed E-state index contributed by atoms with van der Waals surface area (Å²) in [6, 6.07) is 7.11. The number of hydrogen-bond acceptors (Lipinski definition) is 3. The molecule has 5 heteroatoms. The maximum Gasteiger partial charge on any atom is 0.322 e. The van der Waals surface area contributed by atoms with Crippen LogP contribution in [0.5, 0.6) is 5.75 Å². The molecule has 0 saturated heterocycles. The number of rotatable bonds is 5. The quantitative estimate of drug-likeness (QED) is 0.823. The number of carbonyl (C=O) groups excluding carboxylic acids is 1. The van der Waals surface area contributed by atoms with Gasteiger partial charge in [-0.1, -0.05) is 12.1 Å². The van der Waals surface area contributed by atoms with E-state index in [9.17, 15) is 9.59 Å². The van der Waals surface area contributed by atoms with Gasteiger partial charge in [0.05, 0.1) is 12.5 Å². The summed E-state index contributed by atoms with van der Waals surface area (Å²) in [5, 5.41) is 10.9. The molecule has 0 unspecified atom stereocenters. The molecule has 1 amide bonds. The first kappa shape index (κ1) is 14.0. The van der Waals surface area contributed by atoms with E-state index in [0.29, 0.717) is 5.75 Å². The summed E-state index contributed by atoms with van der Waals surface area (Å²) in [7, 11) is 1.57. The number of hydrogen-bond donors (Lipinski definition) is 2. The van der Waals surface area contributed by atoms with Crippen LogP contribution in [0.4, 0.5) is 0 Å². The molecule has 0 aromatic heterocycles. The van der Waals surface area contributed by atoms with Crippen LogP contribution in [0.3, 0.4) is 0 Å². The summed E-state index contributed by atoms with van der Waals surface area (Å²) in [5.74, 6) is -0.676. The molecule has 0 aliphatic rings. The standard InChI is InChI=1S/C13H17NO4/c1-13(2,12(17)14-8-11(15)16)9-4-6-10(18-3)7-5-9/h4-7H,8H2,1-3H3,(H,14,17)(H,15,16). The van der Waals surface area contributed by atoms with E-state index >= 15 is 0 Å². The van der Waals surface area contributed by atoms with Gasteiger partial charge < -0.3 is 15.2 Å². The Morgan fingerprint density at radius 1 is 1.28 bits per heavy atom. The Bertz CT molecular complexity index is 437. The molecule has 0 atom stereocenters. The summed E-state index contributed by atoms with van der Waals surface area (Å²) in [5.41, 5.74) is 0.00744. The van der Waals surface area contributed by atoms with Crippen molar-refractivity contribution < 1.29 is 19.4 Å². The lowest BCUT2D eigenvalue weighted by Crippen LogP contribution is -2.42. The molecular formula is C13H17NO4. The number of nitrogens with one attached hydrogen (secondary N) is 1. The van der Waals surface area contributed by atoms with E-state index in [1.165, 1.54) is 0 Å². The maximum atomic E-state index is 11.9. The Labute approximate surface area is 106 Å². The van der Waals surface area contributed by atoms with Crippen molar-refractivity contribution in [1.82, 2.24) is 5.32 Å². The molecule has 0 saturated carbocycles. The molecule has 0 bridgehead atoms. The van der Waals surface area contributed by atoms with Crippen LogP contribution in [0.15, 0.2) is 24.3 Å². The Hall–Kier alpha value is -2.04. The summed E-state index contributed by atoms with van der Waals surface area (Å²) < 4.78 is 5.04. The number of carboxylic acids is 1. The van der Waals surface area contributed by atoms with Crippen LogP contribution in [0.1, 0.15) is 19.4 Å². The molecule has 1 aromatic rings. The number of methoxy groups -OCH3 is 1. The SMILES string of the molecule is COc1ccc(C(C)(C)C(=O)NCC(=O)O)cc1. The third-order valence-corrected chi connectivity index (χ3v) is 2.78. The van der Waals surface area contributed by atoms with Gasteiger partial charge in [0, 0.05) is 0 Å². The number of carbonyl (C=O) groups is 2. The first-order chi connectivity index (χ1) is 8.37. The Kier molecular flexibility index (Phi) is 4.31. The van der Waals surface area contributed by atoms with Crippen molar-refractivity contribution in [2.24, 2.45) is 0 Å². The Balaban J connectivity index is 2.83. The lowest BCUT2D eigenvalue weighted by Gasteiger charge is -2.23. The largest absolute Gasteiger partial charge is 0.497 e. The van der Waals surface area contributed by atoms with Crippen LogP contribution in [0.25, 0.3) is 0 Å². The van der Waals surface area contributed by atoms with Crippen LogP contribution in [0.2, 0.25) is 0 Å². The van der Waals surface area contributed by atoms with E-state index in [4.69, 9.17) is 9.84 Å². The van der Waals surface area contributed by atoms with Crippen molar-refractivity contribution in [1.29, 1.82) is 0 Å². The van der Waals surface area contributed by atoms with Gasteiger partial charge in [-0.25, -0.2) is 0 Å². The first-order valence-electron chi connectivity index (χ1n) is 5.52. The molecule has 1 rings (SSSR count). The average Bonchev–Trinajstić information content (AvgIpc) is 2.35. The fourth-order valence-corrected chi connectivity index (χ4v) is 1.52. The van der Waals surface area contributed by atoms with E-state index < -0.39 is 11.4 Å². The maximum absolute atomic E-state index is 11.9. The third kappa shape index (κ3) is 3.23. The highest BCUT2D eigenvalue weighted by molar-refractivity contribution is 5.89. The van der Waals surface area contributed by atoms with E-state index in [2.05, 4.69) is 5.32 Å². The topological polar surface area (TPSA) is 75.6 Å². The molecule has 0 heterocycles. The van der Waals surface area contributed by atoms with Crippen LogP contribution >= 0.6 is 0 Å². The van der Waals surface area contributed by atoms with Crippen LogP contribution in [-0.2, 0) is 15.0 Å². The summed E-state index contributed by atoms with van der Waals surface area (Å²) in [4.78, 5) is 22.3. The highest BCUT2D eigenvalue weighted by Crippen LogP contribution is 2.25. The zero-order valence-corrected chi connectivity index (χ0v) is 10.7. The molecule has 98 valence electrons. The normalized spacial score (nSPS) is 10.8. The van der Waals surface area contributed by atoms with Crippen LogP contribution < -0.4 is 10.1 Å². The van der Waals surface area contributed by atoms with Crippen molar-refractivity contribution in [3.63, 3.8) is 0 Å². The molecule has 0 spiro atoms. The molecule has 5 nitrogen and oxygen atoms in total. The van der Waals surface area contributed by atoms with Crippen molar-refractivity contribution in [3.8, 4) is 5.75 Å². The molecular weight excluding hydrogens is 234 g/mol. The van der Waals surface area contributed by atoms with Crippen molar-refractivity contribution in [2.75, 3.05) is 13.7 Å². The van der Waals surface area contributed by atoms with Gasteiger partial charge in [0.2, 0.25) is 5.91 Å². The van der Waals surface area contributed by atoms with E-state index in [-0.39, 0.29) is 12.5 Å². The van der Waals surface area contributed by atoms with E-state index in [1.807, 2.05) is 0 Å². The zero-order valence-electron chi connectivity index (χ0n) is 10.7. The van der Waals surface area contributed by atoms with Crippen molar-refractivity contribution in [2.45, 2.75) is 19.3 Å². The second kappa shape index (κ2) is 5.53. The molecule has 1 aromatic carbocycles. The first-order valence-corrected chi connectivity index (χ1v) is 5.52. The fourth-order valence-electron chi connectivity index (χ4n) is 1.52. The third-order valence-electron chi connectivity index (χ3n) is 2.78. The number of amides is 1. The predicted molar refractivity (Wildman–Crippen MR) is 66.7 cm³/mol. The number of benzene rings is 1. The smallest absolute Gasteiger partial charge is 0.322 e. The number of aliphatic carboxylic acids is 1. The van der Waals surface area contributed by atoms with Gasteiger partial charge in [0.25, 0.3) is 0 Å². The highest BCUT2D eigenvalue weighted by Gasteiger charge is 2.29. The van der Waals surface area contributed by atoms with Crippen LogP contribution in [-0.4, -0.2) is 30.6 Å². The van der Waals surface area contributed by atoms with Gasteiger partial charge in [-0.2, -0.15) is 0 Å². The fraction of sp³-hybridized carbons (Fsp3) is 0.385. The lowest BCUT2D eigenvalue weighted by molar-refractivity contribution is -0.138. The second-order valence-corrected chi connectivity index (χ2v) is 4.43. The molecule has 0 fully saturated rings. The van der Waals surface area contributed by atoms with Crippen molar-refractivity contribution in [3.05, 3.63) is 29.8 Å². The molecule has 0 aliphatic heterocycles. The minimum absolute atomic E-state index is 0.324. The van der Waals surface area contributed by atoms with Gasteiger partial charge in [-0.15, -0.1) is 0 Å². The molecule has 0 aliphatic carbocycles. The summed E-state index contributed by atoms with van der Waals surface area (Å²) >= 11 is 0. The predicted octanol–water partition coefficient (Wildman–Crippen LogP) is 1.17. The second-order valence-electron chi connectivity index (χ2n) is 4.43. The number of ether oxygens (including phenoxy) is 1. The lowest BCUT2D eigenvalue weighted by atomic mass is 9.83. The average molecular weight is 251 g/mol. The Morgan fingerprint density at radius 2 is 1.83 bits per heavy atom. The van der Waals surface area contributed by atoms with E-state index in [0.717, 1.165) is 5.56 Å². The number of carboxylic acid groups (broad SMARTS) is 1. The van der Waals surface area contributed by atoms with Gasteiger partial charge >= 0.3 is 5.97 Å². The minimum Gasteiger partial charge on any atom is -0.497 e. The van der Waals surface area contributed by atoms with Crippen LogP contribution in [0, 0.1) is 0 Å². The zero-order chi connectivity index (χ0) is 13.8. The summed E-state index contributed by atoms with van der Waals surface area (Å²) in [6.07, 6.45) is 0. The van der Waals surface area contributed by atoms with Gasteiger partial charge in [0.1, 0.15) is 12.3 Å². The Morgan fingerprint density at radius 3 is 2.28 bits per heavy atom. The van der Waals surface area contributed by atoms with Crippen molar-refractivity contribution >= 4 is 11.9 Å². The minimum atomic E-state index is -1.06. The molecule has 0 radical (unpaired) electrons. The van der Waals surface area contributed by atoms with Gasteiger partial charge in [-0.3, -0.25) is 9.59 Å². The highest BCUT2D eigenvalue weighted by atomic mass is 16.5.